The first-order valence-electron chi connectivity index (χ1n) is 12.2. The molecule has 208 valence electrons. The van der Waals surface area contributed by atoms with Crippen LogP contribution in [0.25, 0.3) is 0 Å². The number of likely N-dealkylation sites (N-methyl/N-ethyl adjacent to an activating group) is 1. The summed E-state index contributed by atoms with van der Waals surface area (Å²) in [5.41, 5.74) is 0.520. The third kappa shape index (κ3) is 6.87. The zero-order chi connectivity index (χ0) is 27.7. The van der Waals surface area contributed by atoms with Gasteiger partial charge in [0.05, 0.1) is 18.3 Å². The number of halogens is 2. The molecule has 39 heavy (non-hydrogen) atoms. The van der Waals surface area contributed by atoms with Gasteiger partial charge in [0, 0.05) is 43.1 Å². The van der Waals surface area contributed by atoms with Crippen LogP contribution in [-0.2, 0) is 20.5 Å². The van der Waals surface area contributed by atoms with Gasteiger partial charge < -0.3 is 24.3 Å². The van der Waals surface area contributed by atoms with Crippen molar-refractivity contribution >= 4 is 43.6 Å². The molecule has 4 rings (SSSR count). The fourth-order valence-corrected chi connectivity index (χ4v) is 4.00. The van der Waals surface area contributed by atoms with Crippen LogP contribution in [-0.4, -0.2) is 54.4 Å². The van der Waals surface area contributed by atoms with E-state index in [-0.39, 0.29) is 31.8 Å². The van der Waals surface area contributed by atoms with E-state index in [9.17, 15) is 13.6 Å². The minimum Gasteiger partial charge on any atom is -0.497 e. The number of rotatable bonds is 8. The maximum atomic E-state index is 13.9. The molecule has 1 amide bonds. The molecule has 0 spiro atoms. The molecule has 1 aromatic heterocycles. The van der Waals surface area contributed by atoms with E-state index in [0.29, 0.717) is 22.5 Å². The van der Waals surface area contributed by atoms with Gasteiger partial charge in [0.25, 0.3) is 0 Å². The molecule has 1 aliphatic rings. The highest BCUT2D eigenvalue weighted by molar-refractivity contribution is 7.59. The van der Waals surface area contributed by atoms with E-state index in [1.54, 1.807) is 50.8 Å². The largest absolute Gasteiger partial charge is 0.498 e. The number of hydrogen-bond donors (Lipinski definition) is 1. The van der Waals surface area contributed by atoms with Crippen molar-refractivity contribution in [3.05, 3.63) is 72.1 Å². The number of methoxy groups -OCH3 is 1. The molecule has 8 nitrogen and oxygen atoms in total. The van der Waals surface area contributed by atoms with Crippen molar-refractivity contribution in [3.8, 4) is 5.75 Å². The average Bonchev–Trinajstić information content (AvgIpc) is 3.09. The van der Waals surface area contributed by atoms with Crippen molar-refractivity contribution in [2.24, 2.45) is 0 Å². The first-order valence-corrected chi connectivity index (χ1v) is 12.2. The van der Waals surface area contributed by atoms with Gasteiger partial charge in [-0.05, 0) is 69.7 Å². The summed E-state index contributed by atoms with van der Waals surface area (Å²) >= 11 is 0. The number of aromatic nitrogens is 2. The number of ether oxygens (including phenoxy) is 1. The van der Waals surface area contributed by atoms with Gasteiger partial charge in [0.15, 0.2) is 0 Å². The van der Waals surface area contributed by atoms with Crippen LogP contribution in [0.2, 0.25) is 0 Å². The standard InChI is InChI=1S/C27H31BF2N4O4.H2S/c1-26(2)27(3,4)38-28(37-26)18-15-31-25(32-16-18)33-23(13-17-11-19(29)14-20(30)12-17)24(35)34(5)21-7-9-22(36-6)10-8-21;/h7-12,14-16,23H,13H2,1-6H3,(H,31,32,33);1H2/t23-;/m0./s1. The minimum absolute atomic E-state index is 0. The summed E-state index contributed by atoms with van der Waals surface area (Å²) in [4.78, 5) is 23.7. The zero-order valence-corrected chi connectivity index (χ0v) is 23.8. The molecule has 1 saturated heterocycles. The lowest BCUT2D eigenvalue weighted by atomic mass is 9.81. The number of anilines is 2. The fraction of sp³-hybridized carbons (Fsp3) is 0.370. The molecule has 3 aromatic rings. The van der Waals surface area contributed by atoms with E-state index in [2.05, 4.69) is 15.3 Å². The van der Waals surface area contributed by atoms with E-state index in [4.69, 9.17) is 14.0 Å². The number of hydrogen-bond acceptors (Lipinski definition) is 7. The normalized spacial score (nSPS) is 16.3. The van der Waals surface area contributed by atoms with E-state index in [0.717, 1.165) is 6.07 Å². The first-order chi connectivity index (χ1) is 17.9. The minimum atomic E-state index is -0.925. The first kappa shape index (κ1) is 30.3. The summed E-state index contributed by atoms with van der Waals surface area (Å²) in [5.74, 6) is -0.979. The highest BCUT2D eigenvalue weighted by Crippen LogP contribution is 2.36. The molecule has 0 saturated carbocycles. The van der Waals surface area contributed by atoms with Crippen LogP contribution in [0.4, 0.5) is 20.4 Å². The smallest absolute Gasteiger partial charge is 0.497 e. The number of amides is 1. The second-order valence-electron chi connectivity index (χ2n) is 10.2. The van der Waals surface area contributed by atoms with E-state index in [1.807, 2.05) is 27.7 Å². The van der Waals surface area contributed by atoms with Gasteiger partial charge in [-0.15, -0.1) is 0 Å². The summed E-state index contributed by atoms with van der Waals surface area (Å²) in [6.07, 6.45) is 3.12. The Labute approximate surface area is 234 Å². The lowest BCUT2D eigenvalue weighted by molar-refractivity contribution is -0.119. The highest BCUT2D eigenvalue weighted by Gasteiger charge is 2.52. The molecule has 2 aromatic carbocycles. The van der Waals surface area contributed by atoms with Crippen molar-refractivity contribution in [1.82, 2.24) is 9.97 Å². The number of nitrogens with one attached hydrogen (secondary N) is 1. The molecule has 0 radical (unpaired) electrons. The molecule has 1 aliphatic heterocycles. The molecule has 0 unspecified atom stereocenters. The Kier molecular flexibility index (Phi) is 9.25. The molecule has 12 heteroatoms. The van der Waals surface area contributed by atoms with E-state index in [1.165, 1.54) is 17.0 Å². The van der Waals surface area contributed by atoms with Crippen LogP contribution < -0.4 is 20.4 Å². The van der Waals surface area contributed by atoms with Crippen LogP contribution in [0.3, 0.4) is 0 Å². The highest BCUT2D eigenvalue weighted by atomic mass is 32.1. The van der Waals surface area contributed by atoms with Crippen molar-refractivity contribution in [2.45, 2.75) is 51.4 Å². The second-order valence-corrected chi connectivity index (χ2v) is 10.2. The van der Waals surface area contributed by atoms with Gasteiger partial charge >= 0.3 is 7.12 Å². The molecular weight excluding hydrogens is 525 g/mol. The Morgan fingerprint density at radius 3 is 2.08 bits per heavy atom. The van der Waals surface area contributed by atoms with Crippen molar-refractivity contribution < 1.29 is 27.6 Å². The Balaban J connectivity index is 0.00000420. The van der Waals surface area contributed by atoms with Crippen LogP contribution >= 0.6 is 13.5 Å². The second kappa shape index (κ2) is 11.9. The monoisotopic (exact) mass is 558 g/mol. The third-order valence-electron chi connectivity index (χ3n) is 6.95. The third-order valence-corrected chi connectivity index (χ3v) is 6.95. The van der Waals surface area contributed by atoms with Crippen molar-refractivity contribution in [3.63, 3.8) is 0 Å². The zero-order valence-electron chi connectivity index (χ0n) is 22.8. The van der Waals surface area contributed by atoms with Gasteiger partial charge in [0.1, 0.15) is 23.4 Å². The van der Waals surface area contributed by atoms with E-state index >= 15 is 0 Å². The molecule has 0 aliphatic carbocycles. The van der Waals surface area contributed by atoms with Gasteiger partial charge in [-0.2, -0.15) is 13.5 Å². The van der Waals surface area contributed by atoms with Crippen molar-refractivity contribution in [1.29, 1.82) is 0 Å². The molecule has 0 bridgehead atoms. The number of nitrogens with zero attached hydrogens (tertiary/aromatic N) is 3. The lowest BCUT2D eigenvalue weighted by Gasteiger charge is -2.32. The number of carbonyl (C=O) groups excluding carboxylic acids is 1. The Morgan fingerprint density at radius 2 is 1.56 bits per heavy atom. The maximum Gasteiger partial charge on any atom is 0.498 e. The quantitative estimate of drug-likeness (QED) is 0.421. The summed E-state index contributed by atoms with van der Waals surface area (Å²) in [7, 11) is 2.54. The van der Waals surface area contributed by atoms with E-state index < -0.39 is 36.0 Å². The molecule has 1 N–H and O–H groups in total. The summed E-state index contributed by atoms with van der Waals surface area (Å²) in [5, 5.41) is 3.03. The number of carbonyl (C=O) groups is 1. The van der Waals surface area contributed by atoms with Crippen LogP contribution in [0, 0.1) is 11.6 Å². The van der Waals surface area contributed by atoms with Crippen LogP contribution in [0.15, 0.2) is 54.9 Å². The Bertz CT molecular complexity index is 1260. The molecular formula is C27H33BF2N4O4S. The molecule has 1 atom stereocenters. The van der Waals surface area contributed by atoms with Crippen LogP contribution in [0.1, 0.15) is 33.3 Å². The predicted molar refractivity (Wildman–Crippen MR) is 152 cm³/mol. The number of benzene rings is 2. The van der Waals surface area contributed by atoms with Gasteiger partial charge in [-0.1, -0.05) is 0 Å². The molecule has 1 fully saturated rings. The summed E-state index contributed by atoms with van der Waals surface area (Å²) < 4.78 is 45.0. The van der Waals surface area contributed by atoms with Gasteiger partial charge in [-0.25, -0.2) is 18.7 Å². The molecule has 2 heterocycles. The maximum absolute atomic E-state index is 13.9. The van der Waals surface area contributed by atoms with Gasteiger partial charge in [0.2, 0.25) is 11.9 Å². The Hall–Kier alpha value is -3.22. The average molecular weight is 558 g/mol. The topological polar surface area (TPSA) is 85.8 Å². The lowest BCUT2D eigenvalue weighted by Crippen LogP contribution is -2.43. The summed E-state index contributed by atoms with van der Waals surface area (Å²) in [6, 6.07) is 9.21. The van der Waals surface area contributed by atoms with Gasteiger partial charge in [-0.3, -0.25) is 4.79 Å². The Morgan fingerprint density at radius 1 is 1.03 bits per heavy atom. The van der Waals surface area contributed by atoms with Crippen LogP contribution in [0.5, 0.6) is 5.75 Å². The summed E-state index contributed by atoms with van der Waals surface area (Å²) in [6.45, 7) is 7.81. The fourth-order valence-electron chi connectivity index (χ4n) is 4.00. The predicted octanol–water partition coefficient (Wildman–Crippen LogP) is 3.86. The SMILES string of the molecule is COc1ccc(N(C)C(=O)[C@H](Cc2cc(F)cc(F)c2)Nc2ncc(B3OC(C)(C)C(C)(C)O3)cn2)cc1.S. The van der Waals surface area contributed by atoms with Crippen molar-refractivity contribution in [2.75, 3.05) is 24.4 Å².